The van der Waals surface area contributed by atoms with E-state index in [-0.39, 0.29) is 5.91 Å². The van der Waals surface area contributed by atoms with Gasteiger partial charge >= 0.3 is 6.09 Å². The van der Waals surface area contributed by atoms with Crippen LogP contribution >= 0.6 is 0 Å². The third-order valence-corrected chi connectivity index (χ3v) is 4.85. The zero-order chi connectivity index (χ0) is 18.9. The van der Waals surface area contributed by atoms with E-state index >= 15 is 0 Å². The summed E-state index contributed by atoms with van der Waals surface area (Å²) in [6.45, 7) is 6.34. The first-order valence-corrected chi connectivity index (χ1v) is 9.06. The molecule has 2 aliphatic heterocycles. The number of hydrogen-bond acceptors (Lipinski definition) is 4. The van der Waals surface area contributed by atoms with E-state index in [2.05, 4.69) is 6.07 Å². The van der Waals surface area contributed by atoms with Crippen molar-refractivity contribution in [1.82, 2.24) is 9.80 Å². The molecule has 6 heteroatoms. The average Bonchev–Trinajstić information content (AvgIpc) is 3.07. The molecule has 0 radical (unpaired) electrons. The summed E-state index contributed by atoms with van der Waals surface area (Å²) in [6, 6.07) is 9.01. The Morgan fingerprint density at radius 3 is 2.54 bits per heavy atom. The van der Waals surface area contributed by atoms with Gasteiger partial charge in [0.15, 0.2) is 0 Å². The smallest absolute Gasteiger partial charge is 0.411 e. The molecule has 2 aliphatic rings. The van der Waals surface area contributed by atoms with Crippen molar-refractivity contribution in [1.29, 1.82) is 5.26 Å². The van der Waals surface area contributed by atoms with Crippen LogP contribution in [0, 0.1) is 11.3 Å². The van der Waals surface area contributed by atoms with E-state index in [1.807, 2.05) is 45.0 Å². The first kappa shape index (κ1) is 18.2. The van der Waals surface area contributed by atoms with Gasteiger partial charge in [-0.3, -0.25) is 9.69 Å². The van der Waals surface area contributed by atoms with Crippen molar-refractivity contribution in [3.8, 4) is 6.07 Å². The van der Waals surface area contributed by atoms with Crippen LogP contribution in [0.25, 0.3) is 0 Å². The number of carbonyl (C=O) groups excluding carboxylic acids is 2. The molecule has 0 spiro atoms. The van der Waals surface area contributed by atoms with Crippen molar-refractivity contribution in [3.63, 3.8) is 0 Å². The number of ether oxygens (including phenoxy) is 1. The first-order valence-electron chi connectivity index (χ1n) is 9.06. The Kier molecular flexibility index (Phi) is 4.90. The van der Waals surface area contributed by atoms with Crippen molar-refractivity contribution in [3.05, 3.63) is 35.4 Å². The first-order chi connectivity index (χ1) is 12.3. The summed E-state index contributed by atoms with van der Waals surface area (Å²) in [6.07, 6.45) is 1.47. The summed E-state index contributed by atoms with van der Waals surface area (Å²) < 4.78 is 5.54. The molecule has 0 aliphatic carbocycles. The molecule has 0 N–H and O–H groups in total. The van der Waals surface area contributed by atoms with Crippen LogP contribution in [0.1, 0.15) is 44.7 Å². The highest BCUT2D eigenvalue weighted by Crippen LogP contribution is 2.28. The maximum atomic E-state index is 13.2. The van der Waals surface area contributed by atoms with Gasteiger partial charge in [0.1, 0.15) is 17.7 Å². The van der Waals surface area contributed by atoms with Gasteiger partial charge in [0.25, 0.3) is 0 Å². The number of fused-ring (bicyclic) bond motifs is 1. The Morgan fingerprint density at radius 1 is 1.19 bits per heavy atom. The van der Waals surface area contributed by atoms with Gasteiger partial charge in [-0.25, -0.2) is 4.79 Å². The third kappa shape index (κ3) is 3.67. The molecule has 0 saturated carbocycles. The van der Waals surface area contributed by atoms with Crippen molar-refractivity contribution in [2.75, 3.05) is 6.54 Å². The lowest BCUT2D eigenvalue weighted by Crippen LogP contribution is -2.55. The topological polar surface area (TPSA) is 73.6 Å². The molecule has 3 rings (SSSR count). The largest absolute Gasteiger partial charge is 0.444 e. The Morgan fingerprint density at radius 2 is 1.88 bits per heavy atom. The van der Waals surface area contributed by atoms with Crippen LogP contribution in [0.3, 0.4) is 0 Å². The lowest BCUT2D eigenvalue weighted by atomic mass is 9.93. The monoisotopic (exact) mass is 355 g/mol. The quantitative estimate of drug-likeness (QED) is 0.776. The molecule has 2 unspecified atom stereocenters. The van der Waals surface area contributed by atoms with Gasteiger partial charge in [-0.05, 0) is 44.7 Å². The molecule has 138 valence electrons. The van der Waals surface area contributed by atoms with Gasteiger partial charge in [0, 0.05) is 13.0 Å². The van der Waals surface area contributed by atoms with E-state index in [0.717, 1.165) is 17.5 Å². The zero-order valence-corrected chi connectivity index (χ0v) is 15.6. The van der Waals surface area contributed by atoms with Gasteiger partial charge in [0.05, 0.1) is 12.6 Å². The summed E-state index contributed by atoms with van der Waals surface area (Å²) in [5.41, 5.74) is 1.46. The van der Waals surface area contributed by atoms with Crippen LogP contribution in [0.2, 0.25) is 0 Å². The molecule has 1 fully saturated rings. The molecule has 1 aromatic rings. The van der Waals surface area contributed by atoms with Crippen molar-refractivity contribution < 1.29 is 14.3 Å². The molecule has 2 atom stereocenters. The molecular weight excluding hydrogens is 330 g/mol. The van der Waals surface area contributed by atoms with E-state index in [4.69, 9.17) is 4.74 Å². The second-order valence-electron chi connectivity index (χ2n) is 7.92. The fourth-order valence-corrected chi connectivity index (χ4v) is 3.61. The number of carbonyl (C=O) groups is 2. The number of nitriles is 1. The number of rotatable bonds is 1. The number of likely N-dealkylation sites (tertiary alicyclic amines) is 1. The van der Waals surface area contributed by atoms with Gasteiger partial charge in [0.2, 0.25) is 5.91 Å². The summed E-state index contributed by atoms with van der Waals surface area (Å²) in [5.74, 6) is -0.158. The highest BCUT2D eigenvalue weighted by Gasteiger charge is 2.41. The van der Waals surface area contributed by atoms with Crippen LogP contribution < -0.4 is 0 Å². The van der Waals surface area contributed by atoms with E-state index in [1.165, 1.54) is 4.90 Å². The van der Waals surface area contributed by atoms with Gasteiger partial charge < -0.3 is 9.64 Å². The van der Waals surface area contributed by atoms with Crippen molar-refractivity contribution >= 4 is 12.0 Å². The zero-order valence-electron chi connectivity index (χ0n) is 15.6. The predicted molar refractivity (Wildman–Crippen MR) is 96.1 cm³/mol. The van der Waals surface area contributed by atoms with Crippen LogP contribution in [0.15, 0.2) is 24.3 Å². The normalized spacial score (nSPS) is 22.5. The van der Waals surface area contributed by atoms with E-state index in [1.54, 1.807) is 4.90 Å². The molecule has 0 aromatic heterocycles. The molecule has 1 saturated heterocycles. The molecule has 2 amide bonds. The Balaban J connectivity index is 1.90. The molecule has 1 aromatic carbocycles. The summed E-state index contributed by atoms with van der Waals surface area (Å²) >= 11 is 0. The van der Waals surface area contributed by atoms with Crippen LogP contribution in [0.4, 0.5) is 4.79 Å². The summed E-state index contributed by atoms with van der Waals surface area (Å²) in [7, 11) is 0. The number of amides is 2. The number of hydrogen-bond donors (Lipinski definition) is 0. The highest BCUT2D eigenvalue weighted by molar-refractivity contribution is 5.87. The fourth-order valence-electron chi connectivity index (χ4n) is 3.61. The molecule has 6 nitrogen and oxygen atoms in total. The van der Waals surface area contributed by atoms with Crippen molar-refractivity contribution in [2.24, 2.45) is 0 Å². The minimum atomic E-state index is -0.634. The van der Waals surface area contributed by atoms with Crippen molar-refractivity contribution in [2.45, 2.75) is 64.3 Å². The average molecular weight is 355 g/mol. The minimum absolute atomic E-state index is 0.158. The Bertz CT molecular complexity index is 747. The summed E-state index contributed by atoms with van der Waals surface area (Å²) in [4.78, 5) is 29.1. The number of benzene rings is 1. The van der Waals surface area contributed by atoms with Crippen LogP contribution in [-0.2, 0) is 22.5 Å². The van der Waals surface area contributed by atoms with Gasteiger partial charge in [-0.2, -0.15) is 5.26 Å². The predicted octanol–water partition coefficient (Wildman–Crippen LogP) is 2.86. The maximum Gasteiger partial charge on any atom is 0.411 e. The lowest BCUT2D eigenvalue weighted by molar-refractivity contribution is -0.137. The number of nitrogens with zero attached hydrogens (tertiary/aromatic N) is 3. The molecule has 2 heterocycles. The second-order valence-corrected chi connectivity index (χ2v) is 7.92. The molecule has 26 heavy (non-hydrogen) atoms. The van der Waals surface area contributed by atoms with E-state index < -0.39 is 23.8 Å². The summed E-state index contributed by atoms with van der Waals surface area (Å²) in [5, 5.41) is 9.32. The fraction of sp³-hybridized carbons (Fsp3) is 0.550. The SMILES string of the molecule is CC(C)(C)OC(=O)N1Cc2ccccc2CC1C(=O)N1CCCC1C#N. The molecular formula is C20H25N3O3. The lowest BCUT2D eigenvalue weighted by Gasteiger charge is -2.38. The Hall–Kier alpha value is -2.55. The van der Waals surface area contributed by atoms with Gasteiger partial charge in [-0.1, -0.05) is 24.3 Å². The Labute approximate surface area is 154 Å². The van der Waals surface area contributed by atoms with E-state index in [9.17, 15) is 14.9 Å². The second kappa shape index (κ2) is 6.99. The standard InChI is InChI=1S/C20H25N3O3/c1-20(2,3)26-19(25)23-13-15-8-5-4-7-14(15)11-17(23)18(24)22-10-6-9-16(22)12-21/h4-5,7-8,16-17H,6,9-11,13H2,1-3H3. The highest BCUT2D eigenvalue weighted by atomic mass is 16.6. The molecule has 0 bridgehead atoms. The third-order valence-electron chi connectivity index (χ3n) is 4.85. The maximum absolute atomic E-state index is 13.2. The van der Waals surface area contributed by atoms with Gasteiger partial charge in [-0.15, -0.1) is 0 Å². The van der Waals surface area contributed by atoms with Crippen LogP contribution in [0.5, 0.6) is 0 Å². The minimum Gasteiger partial charge on any atom is -0.444 e. The van der Waals surface area contributed by atoms with Crippen LogP contribution in [-0.4, -0.2) is 46.0 Å². The van der Waals surface area contributed by atoms with E-state index in [0.29, 0.717) is 25.9 Å².